The van der Waals surface area contributed by atoms with Gasteiger partial charge in [0.2, 0.25) is 11.8 Å². The van der Waals surface area contributed by atoms with Crippen LogP contribution in [0.4, 0.5) is 0 Å². The second kappa shape index (κ2) is 8.56. The van der Waals surface area contributed by atoms with Crippen LogP contribution in [0.1, 0.15) is 28.7 Å². The molecule has 29 heavy (non-hydrogen) atoms. The van der Waals surface area contributed by atoms with Gasteiger partial charge in [0, 0.05) is 37.7 Å². The topological polar surface area (TPSA) is 52.7 Å². The number of piperazine rings is 1. The van der Waals surface area contributed by atoms with Crippen molar-refractivity contribution in [1.82, 2.24) is 15.1 Å². The molecule has 2 aliphatic rings. The summed E-state index contributed by atoms with van der Waals surface area (Å²) in [5.41, 5.74) is 4.60. The molecule has 1 saturated heterocycles. The molecule has 1 unspecified atom stereocenters. The summed E-state index contributed by atoms with van der Waals surface area (Å²) in [5, 5.41) is 3.69. The lowest BCUT2D eigenvalue weighted by atomic mass is 9.98. The summed E-state index contributed by atoms with van der Waals surface area (Å²) in [6.45, 7) is 5.29. The average molecular weight is 412 g/mol. The van der Waals surface area contributed by atoms with Crippen molar-refractivity contribution < 1.29 is 9.59 Å². The van der Waals surface area contributed by atoms with Crippen LogP contribution < -0.4 is 5.32 Å². The molecule has 0 bridgehead atoms. The first-order valence-corrected chi connectivity index (χ1v) is 10.5. The minimum absolute atomic E-state index is 0.0200. The van der Waals surface area contributed by atoms with E-state index in [9.17, 15) is 9.59 Å². The van der Waals surface area contributed by atoms with Gasteiger partial charge < -0.3 is 10.2 Å². The monoisotopic (exact) mass is 411 g/mol. The molecule has 0 aromatic heterocycles. The van der Waals surface area contributed by atoms with Gasteiger partial charge in [0.25, 0.3) is 0 Å². The van der Waals surface area contributed by atoms with Crippen LogP contribution in [0.2, 0.25) is 5.02 Å². The summed E-state index contributed by atoms with van der Waals surface area (Å²) in [7, 11) is 0. The van der Waals surface area contributed by atoms with E-state index in [0.29, 0.717) is 26.2 Å². The number of aryl methyl sites for hydroxylation is 1. The summed E-state index contributed by atoms with van der Waals surface area (Å²) in [4.78, 5) is 29.6. The number of halogens is 1. The van der Waals surface area contributed by atoms with Gasteiger partial charge in [0.15, 0.2) is 0 Å². The lowest BCUT2D eigenvalue weighted by molar-refractivity contribution is -0.139. The first-order chi connectivity index (χ1) is 14.0. The highest BCUT2D eigenvalue weighted by Gasteiger charge is 2.33. The van der Waals surface area contributed by atoms with Crippen molar-refractivity contribution in [3.63, 3.8) is 0 Å². The summed E-state index contributed by atoms with van der Waals surface area (Å²) >= 11 is 6.29. The average Bonchev–Trinajstić information content (AvgIpc) is 2.72. The van der Waals surface area contributed by atoms with Gasteiger partial charge in [-0.1, -0.05) is 53.6 Å². The molecular weight excluding hydrogens is 386 g/mol. The molecule has 152 valence electrons. The molecule has 2 aromatic carbocycles. The Morgan fingerprint density at radius 3 is 2.76 bits per heavy atom. The minimum Gasteiger partial charge on any atom is -0.353 e. The van der Waals surface area contributed by atoms with Gasteiger partial charge in [-0.3, -0.25) is 14.5 Å². The van der Waals surface area contributed by atoms with E-state index in [1.807, 2.05) is 23.1 Å². The molecule has 2 amide bonds. The van der Waals surface area contributed by atoms with Gasteiger partial charge >= 0.3 is 0 Å². The fourth-order valence-electron chi connectivity index (χ4n) is 4.17. The zero-order valence-corrected chi connectivity index (χ0v) is 17.4. The van der Waals surface area contributed by atoms with Crippen LogP contribution in [0.15, 0.2) is 42.5 Å². The van der Waals surface area contributed by atoms with E-state index < -0.39 is 6.04 Å². The first kappa shape index (κ1) is 19.9. The number of amides is 2. The van der Waals surface area contributed by atoms with E-state index in [4.69, 9.17) is 11.6 Å². The maximum absolute atomic E-state index is 13.0. The minimum atomic E-state index is -0.432. The number of nitrogens with zero attached hydrogens (tertiary/aromatic N) is 2. The third-order valence-electron chi connectivity index (χ3n) is 5.88. The summed E-state index contributed by atoms with van der Waals surface area (Å²) in [6.07, 6.45) is 0.957. The Hall–Kier alpha value is -2.37. The van der Waals surface area contributed by atoms with Crippen molar-refractivity contribution in [3.05, 3.63) is 69.7 Å². The largest absolute Gasteiger partial charge is 0.353 e. The van der Waals surface area contributed by atoms with E-state index in [2.05, 4.69) is 41.4 Å². The third kappa shape index (κ3) is 4.46. The number of benzene rings is 2. The smallest absolute Gasteiger partial charge is 0.237 e. The fourth-order valence-corrected chi connectivity index (χ4v) is 4.46. The molecule has 1 fully saturated rings. The third-order valence-corrected chi connectivity index (χ3v) is 6.23. The molecule has 2 aliphatic heterocycles. The van der Waals surface area contributed by atoms with Crippen LogP contribution >= 0.6 is 11.6 Å². The van der Waals surface area contributed by atoms with Crippen LogP contribution in [-0.2, 0) is 29.1 Å². The molecule has 4 rings (SSSR count). The lowest BCUT2D eigenvalue weighted by Gasteiger charge is -2.36. The second-order valence-electron chi connectivity index (χ2n) is 7.91. The van der Waals surface area contributed by atoms with E-state index >= 15 is 0 Å². The SMILES string of the molecule is Cc1ccc(CN2CCNC(=O)C2CC(=O)N2CCc3c(Cl)cccc3C2)cc1. The van der Waals surface area contributed by atoms with Gasteiger partial charge in [-0.15, -0.1) is 0 Å². The number of rotatable bonds is 4. The molecule has 2 heterocycles. The molecule has 1 N–H and O–H groups in total. The lowest BCUT2D eigenvalue weighted by Crippen LogP contribution is -2.56. The Morgan fingerprint density at radius 1 is 1.17 bits per heavy atom. The Kier molecular flexibility index (Phi) is 5.88. The standard InChI is InChI=1S/C23H26ClN3O2/c1-16-5-7-17(8-6-16)14-26-12-10-25-23(29)21(26)13-22(28)27-11-9-19-18(15-27)3-2-4-20(19)24/h2-8,21H,9-15H2,1H3,(H,25,29). The van der Waals surface area contributed by atoms with Crippen LogP contribution in [0.25, 0.3) is 0 Å². The van der Waals surface area contributed by atoms with Crippen molar-refractivity contribution in [2.45, 2.75) is 38.9 Å². The number of nitrogens with one attached hydrogen (secondary N) is 1. The molecule has 5 nitrogen and oxygen atoms in total. The number of carbonyl (C=O) groups is 2. The highest BCUT2D eigenvalue weighted by atomic mass is 35.5. The van der Waals surface area contributed by atoms with E-state index in [1.54, 1.807) is 0 Å². The van der Waals surface area contributed by atoms with Crippen LogP contribution in [0, 0.1) is 6.92 Å². The van der Waals surface area contributed by atoms with Gasteiger partial charge in [0.1, 0.15) is 0 Å². The number of fused-ring (bicyclic) bond motifs is 1. The second-order valence-corrected chi connectivity index (χ2v) is 8.32. The highest BCUT2D eigenvalue weighted by molar-refractivity contribution is 6.31. The van der Waals surface area contributed by atoms with Crippen LogP contribution in [0.3, 0.4) is 0 Å². The number of hydrogen-bond acceptors (Lipinski definition) is 3. The van der Waals surface area contributed by atoms with E-state index in [1.165, 1.54) is 5.56 Å². The van der Waals surface area contributed by atoms with Crippen molar-refractivity contribution in [3.8, 4) is 0 Å². The molecule has 0 saturated carbocycles. The highest BCUT2D eigenvalue weighted by Crippen LogP contribution is 2.26. The summed E-state index contributed by atoms with van der Waals surface area (Å²) < 4.78 is 0. The number of hydrogen-bond donors (Lipinski definition) is 1. The summed E-state index contributed by atoms with van der Waals surface area (Å²) in [5.74, 6) is -0.0382. The Labute approximate surface area is 176 Å². The van der Waals surface area contributed by atoms with Crippen molar-refractivity contribution >= 4 is 23.4 Å². The fraction of sp³-hybridized carbons (Fsp3) is 0.391. The van der Waals surface area contributed by atoms with Gasteiger partial charge in [-0.2, -0.15) is 0 Å². The molecule has 2 aromatic rings. The molecule has 0 spiro atoms. The van der Waals surface area contributed by atoms with Crippen LogP contribution in [-0.4, -0.2) is 47.3 Å². The Balaban J connectivity index is 1.45. The van der Waals surface area contributed by atoms with Crippen LogP contribution in [0.5, 0.6) is 0 Å². The van der Waals surface area contributed by atoms with Gasteiger partial charge in [-0.25, -0.2) is 0 Å². The van der Waals surface area contributed by atoms with Gasteiger partial charge in [-0.05, 0) is 36.1 Å². The predicted octanol–water partition coefficient (Wildman–Crippen LogP) is 2.92. The number of carbonyl (C=O) groups excluding carboxylic acids is 2. The maximum Gasteiger partial charge on any atom is 0.237 e. The molecular formula is C23H26ClN3O2. The van der Waals surface area contributed by atoms with Crippen molar-refractivity contribution in [2.24, 2.45) is 0 Å². The quantitative estimate of drug-likeness (QED) is 0.841. The predicted molar refractivity (Wildman–Crippen MR) is 114 cm³/mol. The van der Waals surface area contributed by atoms with Crippen molar-refractivity contribution in [2.75, 3.05) is 19.6 Å². The molecule has 0 radical (unpaired) electrons. The Bertz CT molecular complexity index is 913. The maximum atomic E-state index is 13.0. The Morgan fingerprint density at radius 2 is 1.97 bits per heavy atom. The van der Waals surface area contributed by atoms with Crippen molar-refractivity contribution in [1.29, 1.82) is 0 Å². The summed E-state index contributed by atoms with van der Waals surface area (Å²) in [6, 6.07) is 13.8. The molecule has 1 atom stereocenters. The zero-order valence-electron chi connectivity index (χ0n) is 16.7. The molecule has 0 aliphatic carbocycles. The zero-order chi connectivity index (χ0) is 20.4. The normalized spacial score (nSPS) is 19.6. The van der Waals surface area contributed by atoms with Gasteiger partial charge in [0.05, 0.1) is 12.5 Å². The van der Waals surface area contributed by atoms with E-state index in [0.717, 1.165) is 34.7 Å². The first-order valence-electron chi connectivity index (χ1n) is 10.1. The van der Waals surface area contributed by atoms with E-state index in [-0.39, 0.29) is 18.2 Å². The molecule has 6 heteroatoms.